The summed E-state index contributed by atoms with van der Waals surface area (Å²) >= 11 is 1.40. The minimum absolute atomic E-state index is 0.0417. The highest BCUT2D eigenvalue weighted by molar-refractivity contribution is 7.20. The van der Waals surface area contributed by atoms with E-state index in [1.807, 2.05) is 23.4 Å². The molecule has 2 aliphatic rings. The predicted octanol–water partition coefficient (Wildman–Crippen LogP) is 3.90. The fourth-order valence-corrected chi connectivity index (χ4v) is 5.58. The van der Waals surface area contributed by atoms with Crippen LogP contribution in [0.3, 0.4) is 0 Å². The lowest BCUT2D eigenvalue weighted by atomic mass is 9.94. The quantitative estimate of drug-likeness (QED) is 0.802. The second-order valence-corrected chi connectivity index (χ2v) is 8.74. The number of hydrogen-bond acceptors (Lipinski definition) is 4. The minimum Gasteiger partial charge on any atom is -0.338 e. The Balaban J connectivity index is 1.74. The van der Waals surface area contributed by atoms with Crippen molar-refractivity contribution >= 4 is 27.5 Å². The lowest BCUT2D eigenvalue weighted by molar-refractivity contribution is 0.0700. The van der Waals surface area contributed by atoms with Gasteiger partial charge in [-0.2, -0.15) is 0 Å². The monoisotopic (exact) mass is 373 g/mol. The molecule has 0 unspecified atom stereocenters. The number of aryl methyl sites for hydroxylation is 2. The van der Waals surface area contributed by atoms with Crippen molar-refractivity contribution in [2.45, 2.75) is 77.3 Å². The van der Waals surface area contributed by atoms with E-state index in [4.69, 9.17) is 4.98 Å². The Labute approximate surface area is 158 Å². The smallest absolute Gasteiger partial charge is 0.264 e. The van der Waals surface area contributed by atoms with Crippen molar-refractivity contribution in [2.75, 3.05) is 7.05 Å². The summed E-state index contributed by atoms with van der Waals surface area (Å²) in [6, 6.07) is 0.326. The van der Waals surface area contributed by atoms with Gasteiger partial charge in [0.15, 0.2) is 0 Å². The fraction of sp³-hybridized carbons (Fsp3) is 0.650. The topological polar surface area (TPSA) is 55.2 Å². The van der Waals surface area contributed by atoms with Gasteiger partial charge in [-0.15, -0.1) is 11.3 Å². The lowest BCUT2D eigenvalue weighted by Gasteiger charge is -2.31. The average molecular weight is 374 g/mol. The van der Waals surface area contributed by atoms with E-state index >= 15 is 0 Å². The molecule has 0 spiro atoms. The van der Waals surface area contributed by atoms with Crippen LogP contribution in [0, 0.1) is 6.92 Å². The number of nitrogens with zero attached hydrogens (tertiary/aromatic N) is 3. The van der Waals surface area contributed by atoms with E-state index in [1.165, 1.54) is 30.6 Å². The largest absolute Gasteiger partial charge is 0.338 e. The normalized spacial score (nSPS) is 18.5. The first kappa shape index (κ1) is 17.7. The Kier molecular flexibility index (Phi) is 4.86. The summed E-state index contributed by atoms with van der Waals surface area (Å²) in [4.78, 5) is 34.3. The first-order chi connectivity index (χ1) is 12.6. The number of rotatable bonds is 2. The molecule has 140 valence electrons. The highest BCUT2D eigenvalue weighted by Crippen LogP contribution is 2.31. The van der Waals surface area contributed by atoms with Crippen molar-refractivity contribution in [3.63, 3.8) is 0 Å². The number of hydrogen-bond donors (Lipinski definition) is 0. The van der Waals surface area contributed by atoms with Crippen molar-refractivity contribution in [1.29, 1.82) is 0 Å². The van der Waals surface area contributed by atoms with E-state index in [0.29, 0.717) is 16.3 Å². The zero-order valence-electron chi connectivity index (χ0n) is 15.7. The summed E-state index contributed by atoms with van der Waals surface area (Å²) in [5, 5.41) is 0.654. The van der Waals surface area contributed by atoms with E-state index < -0.39 is 0 Å². The fourth-order valence-electron chi connectivity index (χ4n) is 4.41. The third kappa shape index (κ3) is 2.98. The molecule has 0 bridgehead atoms. The maximum Gasteiger partial charge on any atom is 0.264 e. The lowest BCUT2D eigenvalue weighted by Crippen LogP contribution is -2.38. The van der Waals surface area contributed by atoms with Crippen LogP contribution in [0.25, 0.3) is 10.2 Å². The Hall–Kier alpha value is -1.69. The Morgan fingerprint density at radius 3 is 2.65 bits per heavy atom. The Morgan fingerprint density at radius 2 is 1.88 bits per heavy atom. The molecular formula is C20H27N3O2S. The first-order valence-corrected chi connectivity index (χ1v) is 10.7. The van der Waals surface area contributed by atoms with Crippen LogP contribution < -0.4 is 5.56 Å². The van der Waals surface area contributed by atoms with Gasteiger partial charge >= 0.3 is 0 Å². The molecule has 2 aromatic rings. The van der Waals surface area contributed by atoms with Gasteiger partial charge in [0.25, 0.3) is 11.5 Å². The Morgan fingerprint density at radius 1 is 1.15 bits per heavy atom. The number of amides is 1. The van der Waals surface area contributed by atoms with Crippen molar-refractivity contribution < 1.29 is 4.79 Å². The van der Waals surface area contributed by atoms with Crippen LogP contribution in [0.2, 0.25) is 0 Å². The number of carbonyl (C=O) groups is 1. The third-order valence-electron chi connectivity index (χ3n) is 6.05. The second kappa shape index (κ2) is 7.14. The van der Waals surface area contributed by atoms with E-state index in [9.17, 15) is 9.59 Å². The van der Waals surface area contributed by atoms with Crippen LogP contribution in [0.15, 0.2) is 4.79 Å². The van der Waals surface area contributed by atoms with Crippen molar-refractivity contribution in [3.05, 3.63) is 26.6 Å². The Bertz CT molecular complexity index is 893. The van der Waals surface area contributed by atoms with E-state index in [2.05, 4.69) is 0 Å². The van der Waals surface area contributed by atoms with Gasteiger partial charge in [-0.1, -0.05) is 25.7 Å². The molecule has 6 heteroatoms. The van der Waals surface area contributed by atoms with Gasteiger partial charge < -0.3 is 4.90 Å². The molecule has 2 aromatic heterocycles. The molecule has 1 amide bonds. The van der Waals surface area contributed by atoms with Crippen LogP contribution in [0.4, 0.5) is 0 Å². The van der Waals surface area contributed by atoms with Crippen LogP contribution >= 0.6 is 11.3 Å². The predicted molar refractivity (Wildman–Crippen MR) is 105 cm³/mol. The molecule has 1 fully saturated rings. The minimum atomic E-state index is 0.0417. The molecular weight excluding hydrogens is 346 g/mol. The van der Waals surface area contributed by atoms with Gasteiger partial charge in [0.1, 0.15) is 10.7 Å². The van der Waals surface area contributed by atoms with E-state index in [1.54, 1.807) is 0 Å². The number of thiophene rings is 1. The molecule has 0 N–H and O–H groups in total. The number of aromatic nitrogens is 2. The SMILES string of the molecule is Cc1c(C(=O)N(C)C2CCCCC2)sc2nc3n(c(=O)c12)CCCCC3. The molecule has 0 aromatic carbocycles. The summed E-state index contributed by atoms with van der Waals surface area (Å²) in [5.74, 6) is 0.942. The van der Waals surface area contributed by atoms with Crippen LogP contribution in [0.5, 0.6) is 0 Å². The zero-order chi connectivity index (χ0) is 18.3. The molecule has 1 aliphatic carbocycles. The van der Waals surface area contributed by atoms with Gasteiger partial charge in [0.2, 0.25) is 0 Å². The molecule has 26 heavy (non-hydrogen) atoms. The second-order valence-electron chi connectivity index (χ2n) is 7.74. The highest BCUT2D eigenvalue weighted by atomic mass is 32.1. The van der Waals surface area contributed by atoms with Crippen LogP contribution in [-0.2, 0) is 13.0 Å². The van der Waals surface area contributed by atoms with Gasteiger partial charge in [0.05, 0.1) is 10.3 Å². The maximum absolute atomic E-state index is 13.1. The number of carbonyl (C=O) groups excluding carboxylic acids is 1. The summed E-state index contributed by atoms with van der Waals surface area (Å²) in [5.41, 5.74) is 0.856. The zero-order valence-corrected chi connectivity index (χ0v) is 16.5. The number of fused-ring (bicyclic) bond motifs is 2. The molecule has 1 aliphatic heterocycles. The standard InChI is InChI=1S/C20H27N3O2S/c1-13-16-18(21-15-11-7-4-8-12-23(15)19(16)24)26-17(13)20(25)22(2)14-9-5-3-6-10-14/h14H,3-12H2,1-2H3. The van der Waals surface area contributed by atoms with Crippen LogP contribution in [0.1, 0.15) is 72.4 Å². The average Bonchev–Trinajstić information content (AvgIpc) is 2.83. The molecule has 4 rings (SSSR count). The van der Waals surface area contributed by atoms with E-state index in [-0.39, 0.29) is 11.5 Å². The summed E-state index contributed by atoms with van der Waals surface area (Å²) in [6.07, 6.45) is 9.94. The van der Waals surface area contributed by atoms with Gasteiger partial charge in [-0.05, 0) is 38.2 Å². The first-order valence-electron chi connectivity index (χ1n) is 9.88. The third-order valence-corrected chi connectivity index (χ3v) is 7.22. The van der Waals surface area contributed by atoms with Crippen molar-refractivity contribution in [2.24, 2.45) is 0 Å². The van der Waals surface area contributed by atoms with Crippen LogP contribution in [-0.4, -0.2) is 33.4 Å². The van der Waals surface area contributed by atoms with Crippen molar-refractivity contribution in [1.82, 2.24) is 14.5 Å². The maximum atomic E-state index is 13.1. The van der Waals surface area contributed by atoms with Gasteiger partial charge in [0, 0.05) is 26.1 Å². The molecule has 1 saturated carbocycles. The summed E-state index contributed by atoms with van der Waals surface area (Å²) < 4.78 is 1.84. The van der Waals surface area contributed by atoms with Crippen molar-refractivity contribution in [3.8, 4) is 0 Å². The van der Waals surface area contributed by atoms with E-state index in [0.717, 1.165) is 61.3 Å². The molecule has 0 radical (unpaired) electrons. The molecule has 0 atom stereocenters. The molecule has 3 heterocycles. The molecule has 5 nitrogen and oxygen atoms in total. The van der Waals surface area contributed by atoms with Gasteiger partial charge in [-0.25, -0.2) is 4.98 Å². The molecule has 0 saturated heterocycles. The summed E-state index contributed by atoms with van der Waals surface area (Å²) in [7, 11) is 1.91. The summed E-state index contributed by atoms with van der Waals surface area (Å²) in [6.45, 7) is 2.66. The highest BCUT2D eigenvalue weighted by Gasteiger charge is 2.27. The van der Waals surface area contributed by atoms with Gasteiger partial charge in [-0.3, -0.25) is 14.2 Å².